The van der Waals surface area contributed by atoms with Gasteiger partial charge < -0.3 is 0 Å². The standard InChI is InChI=1S/2K.Mg.H2O4S.4H/c;;;1-5(2,3)4;;;;/h;;;(H2,1,2,3,4);;;;. The monoisotopic (exact) mass is 204 g/mol. The zero-order chi connectivity index (χ0) is 4.50. The molecule has 0 aliphatic carbocycles. The van der Waals surface area contributed by atoms with Crippen molar-refractivity contribution in [2.75, 3.05) is 0 Å². The van der Waals surface area contributed by atoms with Crippen LogP contribution in [0.1, 0.15) is 0 Å². The number of hydrogen-bond donors (Lipinski definition) is 2. The quantitative estimate of drug-likeness (QED) is 0.329. The van der Waals surface area contributed by atoms with Crippen molar-refractivity contribution < 1.29 is 17.5 Å². The normalized spacial score (nSPS) is 7.25. The Morgan fingerprint density at radius 2 is 1.00 bits per heavy atom. The van der Waals surface area contributed by atoms with Gasteiger partial charge in [-0.3, -0.25) is 9.11 Å². The molecular weight excluding hydrogens is 199 g/mol. The summed E-state index contributed by atoms with van der Waals surface area (Å²) in [4.78, 5) is 0. The van der Waals surface area contributed by atoms with Gasteiger partial charge in [-0.15, -0.1) is 0 Å². The minimum atomic E-state index is -4.67. The van der Waals surface area contributed by atoms with E-state index in [1.807, 2.05) is 0 Å². The van der Waals surface area contributed by atoms with Gasteiger partial charge in [0.05, 0.1) is 0 Å². The first kappa shape index (κ1) is 22.7. The summed E-state index contributed by atoms with van der Waals surface area (Å²) in [6.45, 7) is 0. The van der Waals surface area contributed by atoms with Crippen LogP contribution in [0.25, 0.3) is 0 Å². The van der Waals surface area contributed by atoms with Gasteiger partial charge >= 0.3 is 136 Å². The predicted molar refractivity (Wildman–Crippen MR) is 37.0 cm³/mol. The molecule has 0 saturated carbocycles. The fraction of sp³-hybridized carbons (Fsp3) is 0. The van der Waals surface area contributed by atoms with Gasteiger partial charge in [0.2, 0.25) is 0 Å². The second-order valence-corrected chi connectivity index (χ2v) is 1.34. The Labute approximate surface area is 149 Å². The molecule has 0 heterocycles. The van der Waals surface area contributed by atoms with Gasteiger partial charge in [0.25, 0.3) is 0 Å². The summed E-state index contributed by atoms with van der Waals surface area (Å²) in [5.41, 5.74) is 0. The smallest absolute Gasteiger partial charge is 0.316 e. The topological polar surface area (TPSA) is 74.6 Å². The molecule has 0 aromatic carbocycles. The summed E-state index contributed by atoms with van der Waals surface area (Å²) in [5.74, 6) is 0. The van der Waals surface area contributed by atoms with Crippen LogP contribution in [-0.4, -0.2) is 143 Å². The Kier molecular flexibility index (Phi) is 30.9. The average Bonchev–Trinajstić information content (AvgIpc) is 0.722. The Morgan fingerprint density at radius 1 is 1.00 bits per heavy atom. The van der Waals surface area contributed by atoms with Gasteiger partial charge in [-0.2, -0.15) is 8.42 Å². The fourth-order valence-electron chi connectivity index (χ4n) is 0. The Hall–Kier alpha value is 3.91. The third-order valence-electron chi connectivity index (χ3n) is 0. The molecule has 2 N–H and O–H groups in total. The van der Waals surface area contributed by atoms with Crippen molar-refractivity contribution in [3.05, 3.63) is 0 Å². The van der Waals surface area contributed by atoms with E-state index in [1.165, 1.54) is 0 Å². The molecule has 0 aromatic rings. The zero-order valence-electron chi connectivity index (χ0n) is 2.12. The van der Waals surface area contributed by atoms with Crippen LogP contribution in [0.3, 0.4) is 0 Å². The summed E-state index contributed by atoms with van der Waals surface area (Å²) in [7, 11) is -4.67. The van der Waals surface area contributed by atoms with E-state index in [4.69, 9.17) is 17.5 Å². The van der Waals surface area contributed by atoms with Gasteiger partial charge in [-0.1, -0.05) is 0 Å². The van der Waals surface area contributed by atoms with Crippen LogP contribution in [-0.2, 0) is 10.4 Å². The molecule has 0 rings (SSSR count). The molecule has 0 bridgehead atoms. The van der Waals surface area contributed by atoms with Gasteiger partial charge in [-0.25, -0.2) is 0 Å². The first-order valence-electron chi connectivity index (χ1n) is 0.698. The predicted octanol–water partition coefficient (Wildman–Crippen LogP) is -2.87. The number of hydrogen-bond acceptors (Lipinski definition) is 2. The Bertz CT molecular complexity index is 97.2. The van der Waals surface area contributed by atoms with E-state index in [0.717, 1.165) is 0 Å². The van der Waals surface area contributed by atoms with E-state index >= 15 is 0 Å². The van der Waals surface area contributed by atoms with Gasteiger partial charge in [0.15, 0.2) is 0 Å². The Balaban J connectivity index is -0.0000000267. The molecule has 0 aliphatic heterocycles. The molecule has 0 fully saturated rings. The van der Waals surface area contributed by atoms with E-state index < -0.39 is 10.4 Å². The van der Waals surface area contributed by atoms with Crippen LogP contribution >= 0.6 is 0 Å². The van der Waals surface area contributed by atoms with Crippen molar-refractivity contribution in [2.45, 2.75) is 0 Å². The molecule has 8 heavy (non-hydrogen) atoms. The van der Waals surface area contributed by atoms with Crippen molar-refractivity contribution in [1.82, 2.24) is 0 Å². The van der Waals surface area contributed by atoms with Crippen LogP contribution in [0.15, 0.2) is 0 Å². The SMILES string of the molecule is O=S(=O)(O)O.[KH].[KH].[MgH2]. The molecule has 4 nitrogen and oxygen atoms in total. The van der Waals surface area contributed by atoms with Crippen LogP contribution < -0.4 is 0 Å². The molecule has 0 aromatic heterocycles. The third-order valence-corrected chi connectivity index (χ3v) is 0. The first-order chi connectivity index (χ1) is 2.00. The van der Waals surface area contributed by atoms with E-state index in [2.05, 4.69) is 0 Å². The van der Waals surface area contributed by atoms with E-state index in [-0.39, 0.29) is 126 Å². The largest absolute Gasteiger partial charge is 0.316 e. The van der Waals surface area contributed by atoms with Crippen molar-refractivity contribution in [2.24, 2.45) is 0 Å². The summed E-state index contributed by atoms with van der Waals surface area (Å²) in [6.07, 6.45) is 0. The fourth-order valence-corrected chi connectivity index (χ4v) is 0. The third kappa shape index (κ3) is 51.5. The van der Waals surface area contributed by atoms with Crippen molar-refractivity contribution in [1.29, 1.82) is 0 Å². The van der Waals surface area contributed by atoms with E-state index in [0.29, 0.717) is 0 Å². The molecule has 0 atom stereocenters. The minimum absolute atomic E-state index is 0. The molecule has 0 radical (unpaired) electrons. The summed E-state index contributed by atoms with van der Waals surface area (Å²) >= 11 is 0. The van der Waals surface area contributed by atoms with E-state index in [9.17, 15) is 0 Å². The Morgan fingerprint density at radius 3 is 1.00 bits per heavy atom. The molecule has 0 spiro atoms. The second-order valence-electron chi connectivity index (χ2n) is 0.448. The van der Waals surface area contributed by atoms with Crippen molar-refractivity contribution in [3.8, 4) is 0 Å². The molecule has 0 aliphatic rings. The maximum absolute atomic E-state index is 8.74. The maximum atomic E-state index is 8.74. The molecule has 8 heteroatoms. The average molecular weight is 205 g/mol. The maximum Gasteiger partial charge on any atom is 0.316 e. The molecule has 0 amide bonds. The molecule has 0 unspecified atom stereocenters. The number of rotatable bonds is 0. The molecule has 40 valence electrons. The van der Waals surface area contributed by atoms with Crippen molar-refractivity contribution >= 4 is 136 Å². The van der Waals surface area contributed by atoms with Crippen LogP contribution in [0.2, 0.25) is 0 Å². The van der Waals surface area contributed by atoms with Crippen molar-refractivity contribution in [3.63, 3.8) is 0 Å². The van der Waals surface area contributed by atoms with Gasteiger partial charge in [0, 0.05) is 0 Å². The van der Waals surface area contributed by atoms with Gasteiger partial charge in [0.1, 0.15) is 0 Å². The molecule has 0 saturated heterocycles. The summed E-state index contributed by atoms with van der Waals surface area (Å²) in [6, 6.07) is 0. The van der Waals surface area contributed by atoms with Crippen LogP contribution in [0, 0.1) is 0 Å². The second kappa shape index (κ2) is 10.9. The van der Waals surface area contributed by atoms with Crippen LogP contribution in [0.5, 0.6) is 0 Å². The minimum Gasteiger partial charge on any atom is 0.316 e. The molecular formula is H6K2MgO4S. The first-order valence-corrected chi connectivity index (χ1v) is 2.10. The summed E-state index contributed by atoms with van der Waals surface area (Å²) < 4.78 is 31.6. The zero-order valence-corrected chi connectivity index (χ0v) is 2.94. The summed E-state index contributed by atoms with van der Waals surface area (Å²) in [5, 5.41) is 0. The van der Waals surface area contributed by atoms with Crippen LogP contribution in [0.4, 0.5) is 0 Å². The van der Waals surface area contributed by atoms with E-state index in [1.54, 1.807) is 0 Å². The van der Waals surface area contributed by atoms with Gasteiger partial charge in [-0.05, 0) is 0 Å².